The number of hydrogen-bond acceptors (Lipinski definition) is 2. The number of aryl methyl sites for hydroxylation is 1. The van der Waals surface area contributed by atoms with E-state index in [1.807, 2.05) is 35.0 Å². The van der Waals surface area contributed by atoms with Crippen molar-refractivity contribution in [3.05, 3.63) is 69.6 Å². The topological polar surface area (TPSA) is 48.0 Å². The van der Waals surface area contributed by atoms with Gasteiger partial charge in [0.05, 0.1) is 6.04 Å². The summed E-state index contributed by atoms with van der Waals surface area (Å²) in [4.78, 5) is 12.5. The number of hydrogen-bond donors (Lipinski definition) is 1. The number of benzene rings is 1. The van der Waals surface area contributed by atoms with Crippen LogP contribution in [0.5, 0.6) is 0 Å². The molecule has 1 saturated carbocycles. The highest BCUT2D eigenvalue weighted by molar-refractivity contribution is 5.32. The third kappa shape index (κ3) is 2.41. The Morgan fingerprint density at radius 2 is 1.95 bits per heavy atom. The van der Waals surface area contributed by atoms with E-state index >= 15 is 0 Å². The first kappa shape index (κ1) is 13.1. The highest BCUT2D eigenvalue weighted by Crippen LogP contribution is 2.33. The molecule has 104 valence electrons. The molecule has 1 unspecified atom stereocenters. The van der Waals surface area contributed by atoms with E-state index < -0.39 is 0 Å². The molecule has 1 heterocycles. The number of pyridine rings is 1. The Bertz CT molecular complexity index is 653. The van der Waals surface area contributed by atoms with Crippen molar-refractivity contribution >= 4 is 0 Å². The van der Waals surface area contributed by atoms with E-state index in [1.54, 1.807) is 0 Å². The number of nitrogens with zero attached hydrogens (tertiary/aromatic N) is 1. The first-order valence-corrected chi connectivity index (χ1v) is 7.26. The molecule has 20 heavy (non-hydrogen) atoms. The van der Waals surface area contributed by atoms with Gasteiger partial charge in [-0.2, -0.15) is 0 Å². The lowest BCUT2D eigenvalue weighted by Crippen LogP contribution is -2.27. The monoisotopic (exact) mass is 268 g/mol. The molecule has 1 aliphatic carbocycles. The molecule has 2 aromatic rings. The number of nitrogens with two attached hydrogens (primary N) is 1. The zero-order valence-electron chi connectivity index (χ0n) is 11.8. The van der Waals surface area contributed by atoms with Crippen molar-refractivity contribution < 1.29 is 0 Å². The quantitative estimate of drug-likeness (QED) is 0.927. The van der Waals surface area contributed by atoms with Gasteiger partial charge in [-0.15, -0.1) is 0 Å². The minimum atomic E-state index is -0.348. The van der Waals surface area contributed by atoms with Gasteiger partial charge in [-0.1, -0.05) is 37.3 Å². The summed E-state index contributed by atoms with van der Waals surface area (Å²) in [5, 5.41) is 0. The molecule has 3 rings (SSSR count). The van der Waals surface area contributed by atoms with Crippen LogP contribution < -0.4 is 11.3 Å². The van der Waals surface area contributed by atoms with Gasteiger partial charge in [-0.05, 0) is 36.5 Å². The molecule has 1 aromatic carbocycles. The van der Waals surface area contributed by atoms with Crippen LogP contribution in [0.1, 0.15) is 48.5 Å². The molecule has 3 heteroatoms. The van der Waals surface area contributed by atoms with Crippen molar-refractivity contribution in [2.24, 2.45) is 5.73 Å². The van der Waals surface area contributed by atoms with E-state index in [0.717, 1.165) is 24.8 Å². The van der Waals surface area contributed by atoms with E-state index in [9.17, 15) is 4.79 Å². The predicted octanol–water partition coefficient (Wildman–Crippen LogP) is 2.79. The third-order valence-corrected chi connectivity index (χ3v) is 4.03. The van der Waals surface area contributed by atoms with Crippen LogP contribution in [0.4, 0.5) is 0 Å². The average molecular weight is 268 g/mol. The van der Waals surface area contributed by atoms with Crippen molar-refractivity contribution in [3.63, 3.8) is 0 Å². The van der Waals surface area contributed by atoms with Crippen molar-refractivity contribution in [2.45, 2.75) is 38.3 Å². The van der Waals surface area contributed by atoms with Gasteiger partial charge in [0, 0.05) is 17.8 Å². The molecule has 1 fully saturated rings. The fourth-order valence-corrected chi connectivity index (χ4v) is 2.54. The van der Waals surface area contributed by atoms with Gasteiger partial charge in [0.1, 0.15) is 0 Å². The van der Waals surface area contributed by atoms with E-state index in [4.69, 9.17) is 5.73 Å². The standard InChI is InChI=1S/C17H20N2O/c1-2-12-5-7-13(8-6-12)16(18)15-4-3-11-19(17(15)20)14-9-10-14/h3-8,11,14,16H,2,9-10,18H2,1H3. The second-order valence-corrected chi connectivity index (χ2v) is 5.48. The van der Waals surface area contributed by atoms with Crippen LogP contribution >= 0.6 is 0 Å². The summed E-state index contributed by atoms with van der Waals surface area (Å²) >= 11 is 0. The Kier molecular flexibility index (Phi) is 3.45. The van der Waals surface area contributed by atoms with Crippen LogP contribution in [-0.2, 0) is 6.42 Å². The molecule has 0 radical (unpaired) electrons. The van der Waals surface area contributed by atoms with Crippen LogP contribution in [-0.4, -0.2) is 4.57 Å². The lowest BCUT2D eigenvalue weighted by atomic mass is 9.99. The second kappa shape index (κ2) is 5.25. The average Bonchev–Trinajstić information content (AvgIpc) is 3.31. The van der Waals surface area contributed by atoms with Crippen LogP contribution in [0.3, 0.4) is 0 Å². The van der Waals surface area contributed by atoms with Crippen LogP contribution in [0.15, 0.2) is 47.4 Å². The Hall–Kier alpha value is -1.87. The molecular weight excluding hydrogens is 248 g/mol. The van der Waals surface area contributed by atoms with E-state index in [2.05, 4.69) is 19.1 Å². The highest BCUT2D eigenvalue weighted by Gasteiger charge is 2.25. The molecule has 0 bridgehead atoms. The summed E-state index contributed by atoms with van der Waals surface area (Å²) in [6, 6.07) is 12.0. The first-order chi connectivity index (χ1) is 9.70. The SMILES string of the molecule is CCc1ccc(C(N)c2cccn(C3CC3)c2=O)cc1. The minimum Gasteiger partial charge on any atom is -0.320 e. The lowest BCUT2D eigenvalue weighted by Gasteiger charge is -2.14. The molecule has 0 saturated heterocycles. The highest BCUT2D eigenvalue weighted by atomic mass is 16.1. The molecule has 1 atom stereocenters. The number of aromatic nitrogens is 1. The third-order valence-electron chi connectivity index (χ3n) is 4.03. The molecule has 1 aromatic heterocycles. The summed E-state index contributed by atoms with van der Waals surface area (Å²) in [6.07, 6.45) is 5.08. The van der Waals surface area contributed by atoms with Gasteiger partial charge in [0.25, 0.3) is 5.56 Å². The molecule has 1 aliphatic rings. The minimum absolute atomic E-state index is 0.0575. The van der Waals surface area contributed by atoms with Crippen molar-refractivity contribution in [3.8, 4) is 0 Å². The lowest BCUT2D eigenvalue weighted by molar-refractivity contribution is 0.684. The van der Waals surface area contributed by atoms with Gasteiger partial charge in [0.15, 0.2) is 0 Å². The molecule has 0 spiro atoms. The molecule has 2 N–H and O–H groups in total. The largest absolute Gasteiger partial charge is 0.320 e. The van der Waals surface area contributed by atoms with E-state index in [1.165, 1.54) is 5.56 Å². The van der Waals surface area contributed by atoms with Gasteiger partial charge in [-0.3, -0.25) is 4.79 Å². The van der Waals surface area contributed by atoms with Crippen molar-refractivity contribution in [1.29, 1.82) is 0 Å². The zero-order chi connectivity index (χ0) is 14.1. The summed E-state index contributed by atoms with van der Waals surface area (Å²) in [5.74, 6) is 0. The molecular formula is C17H20N2O. The Labute approximate surface area is 119 Å². The molecule has 0 aliphatic heterocycles. The fraction of sp³-hybridized carbons (Fsp3) is 0.353. The maximum absolute atomic E-state index is 12.5. The van der Waals surface area contributed by atoms with Gasteiger partial charge >= 0.3 is 0 Å². The maximum atomic E-state index is 12.5. The Morgan fingerprint density at radius 3 is 2.55 bits per heavy atom. The van der Waals surface area contributed by atoms with Crippen LogP contribution in [0.2, 0.25) is 0 Å². The summed E-state index contributed by atoms with van der Waals surface area (Å²) in [6.45, 7) is 2.13. The van der Waals surface area contributed by atoms with E-state index in [-0.39, 0.29) is 11.6 Å². The Balaban J connectivity index is 1.95. The summed E-state index contributed by atoms with van der Waals surface area (Å²) in [7, 11) is 0. The maximum Gasteiger partial charge on any atom is 0.255 e. The fourth-order valence-electron chi connectivity index (χ4n) is 2.54. The van der Waals surface area contributed by atoms with Crippen LogP contribution in [0.25, 0.3) is 0 Å². The van der Waals surface area contributed by atoms with Crippen LogP contribution in [0, 0.1) is 0 Å². The van der Waals surface area contributed by atoms with E-state index in [0.29, 0.717) is 11.6 Å². The molecule has 0 amide bonds. The molecule has 3 nitrogen and oxygen atoms in total. The van der Waals surface area contributed by atoms with Gasteiger partial charge in [-0.25, -0.2) is 0 Å². The summed E-state index contributed by atoms with van der Waals surface area (Å²) < 4.78 is 1.83. The van der Waals surface area contributed by atoms with Crippen molar-refractivity contribution in [1.82, 2.24) is 4.57 Å². The Morgan fingerprint density at radius 1 is 1.25 bits per heavy atom. The van der Waals surface area contributed by atoms with Gasteiger partial charge in [0.2, 0.25) is 0 Å². The van der Waals surface area contributed by atoms with Crippen molar-refractivity contribution in [2.75, 3.05) is 0 Å². The smallest absolute Gasteiger partial charge is 0.255 e. The van der Waals surface area contributed by atoms with Gasteiger partial charge < -0.3 is 10.3 Å². The number of rotatable bonds is 4. The zero-order valence-corrected chi connectivity index (χ0v) is 11.8. The summed E-state index contributed by atoms with van der Waals surface area (Å²) in [5.41, 5.74) is 9.30. The normalized spacial score (nSPS) is 16.1. The predicted molar refractivity (Wildman–Crippen MR) is 80.8 cm³/mol. The second-order valence-electron chi connectivity index (χ2n) is 5.48. The first-order valence-electron chi connectivity index (χ1n) is 7.26.